The molecule has 0 spiro atoms. The van der Waals surface area contributed by atoms with E-state index < -0.39 is 36.5 Å². The van der Waals surface area contributed by atoms with Crippen LogP contribution in [0.5, 0.6) is 11.5 Å². The molecule has 2 fully saturated rings. The molecule has 2 saturated heterocycles. The number of nitrogens with one attached hydrogen (secondary N) is 2. The van der Waals surface area contributed by atoms with Gasteiger partial charge in [-0.1, -0.05) is 12.7 Å². The summed E-state index contributed by atoms with van der Waals surface area (Å²) in [5.74, 6) is -0.825. The van der Waals surface area contributed by atoms with E-state index in [-0.39, 0.29) is 54.2 Å². The molecule has 0 aliphatic carbocycles. The monoisotopic (exact) mass is 884 g/mol. The number of thiophene rings is 1. The van der Waals surface area contributed by atoms with E-state index in [9.17, 15) is 24.0 Å². The molecular formula is C45H52N6O11S. The average Bonchev–Trinajstić information content (AvgIpc) is 3.85. The van der Waals surface area contributed by atoms with Gasteiger partial charge in [-0.05, 0) is 87.8 Å². The highest BCUT2D eigenvalue weighted by molar-refractivity contribution is 7.17. The van der Waals surface area contributed by atoms with Crippen LogP contribution in [0.4, 0.5) is 21.9 Å². The number of nitrogens with zero attached hydrogens (tertiary/aromatic N) is 4. The number of ether oxygens (including phenoxy) is 6. The van der Waals surface area contributed by atoms with Crippen LogP contribution in [0.25, 0.3) is 10.6 Å². The van der Waals surface area contributed by atoms with Crippen molar-refractivity contribution in [3.05, 3.63) is 83.1 Å². The Kier molecular flexibility index (Phi) is 14.4. The van der Waals surface area contributed by atoms with E-state index in [2.05, 4.69) is 22.2 Å². The van der Waals surface area contributed by atoms with E-state index in [0.717, 1.165) is 36.1 Å². The molecule has 7 rings (SSSR count). The summed E-state index contributed by atoms with van der Waals surface area (Å²) in [6.07, 6.45) is 7.61. The maximum absolute atomic E-state index is 14.3. The van der Waals surface area contributed by atoms with Gasteiger partial charge in [0.2, 0.25) is 5.91 Å². The topological polar surface area (TPSA) is 189 Å². The predicted molar refractivity (Wildman–Crippen MR) is 235 cm³/mol. The molecule has 334 valence electrons. The fraction of sp³-hybridized carbons (Fsp3) is 0.422. The molecule has 4 amide bonds. The first-order valence-electron chi connectivity index (χ1n) is 20.9. The summed E-state index contributed by atoms with van der Waals surface area (Å²) < 4.78 is 36.4. The minimum Gasteiger partial charge on any atom is -0.493 e. The Morgan fingerprint density at radius 2 is 1.84 bits per heavy atom. The van der Waals surface area contributed by atoms with Crippen LogP contribution in [-0.2, 0) is 30.8 Å². The molecule has 2 N–H and O–H groups in total. The maximum Gasteiger partial charge on any atom is 0.416 e. The van der Waals surface area contributed by atoms with E-state index in [1.807, 2.05) is 13.0 Å². The number of hydrogen-bond acceptors (Lipinski definition) is 13. The number of pyridine rings is 1. The standard InChI is InChI=1S/C45H52N6O11S/c1-6-18-61-45(56)51-33-24-36(35(57-4)23-30(33)42(54)50-17-9-7-12-32(50)43(51)62-39-14-8-10-19-60-39)59-20-11-13-38(52)47-29-22-34(49(3)26-29)41(53)48-28-15-16-31(46-25-28)37-21-27(2)40(63-37)44(55)58-5/h6,15-16,21-26,32,39,43H,1,7-14,17-20H2,2-5H3,(H,47,52)(H,48,53)/t32-,39?,43?/m0/s1. The van der Waals surface area contributed by atoms with Crippen LogP contribution in [0.2, 0.25) is 0 Å². The summed E-state index contributed by atoms with van der Waals surface area (Å²) in [4.78, 5) is 75.5. The summed E-state index contributed by atoms with van der Waals surface area (Å²) in [7, 11) is 4.50. The van der Waals surface area contributed by atoms with Gasteiger partial charge in [0, 0.05) is 38.9 Å². The van der Waals surface area contributed by atoms with Crippen molar-refractivity contribution >= 4 is 58.2 Å². The number of rotatable bonds is 15. The highest BCUT2D eigenvalue weighted by Gasteiger charge is 2.47. The van der Waals surface area contributed by atoms with Crippen molar-refractivity contribution in [2.24, 2.45) is 7.05 Å². The zero-order valence-corrected chi connectivity index (χ0v) is 36.6. The summed E-state index contributed by atoms with van der Waals surface area (Å²) in [5.41, 5.74) is 3.13. The first-order chi connectivity index (χ1) is 30.5. The van der Waals surface area contributed by atoms with Gasteiger partial charge in [0.05, 0.1) is 66.3 Å². The molecule has 2 unspecified atom stereocenters. The lowest BCUT2D eigenvalue weighted by atomic mass is 10.00. The van der Waals surface area contributed by atoms with Crippen molar-refractivity contribution < 1.29 is 52.4 Å². The Morgan fingerprint density at radius 1 is 1.02 bits per heavy atom. The van der Waals surface area contributed by atoms with Gasteiger partial charge in [-0.25, -0.2) is 14.5 Å². The Morgan fingerprint density at radius 3 is 2.57 bits per heavy atom. The highest BCUT2D eigenvalue weighted by Crippen LogP contribution is 2.42. The minimum atomic E-state index is -0.902. The summed E-state index contributed by atoms with van der Waals surface area (Å²) in [6, 6.07) is 9.62. The molecule has 3 atom stereocenters. The second-order valence-electron chi connectivity index (χ2n) is 15.4. The Hall–Kier alpha value is -6.24. The van der Waals surface area contributed by atoms with Crippen molar-refractivity contribution in [2.75, 3.05) is 56.1 Å². The van der Waals surface area contributed by atoms with Crippen LogP contribution in [0.3, 0.4) is 0 Å². The molecule has 0 radical (unpaired) electrons. The van der Waals surface area contributed by atoms with E-state index in [1.165, 1.54) is 42.7 Å². The number of piperidine rings is 1. The van der Waals surface area contributed by atoms with Crippen molar-refractivity contribution in [1.82, 2.24) is 14.5 Å². The predicted octanol–water partition coefficient (Wildman–Crippen LogP) is 7.31. The highest BCUT2D eigenvalue weighted by atomic mass is 32.1. The lowest BCUT2D eigenvalue weighted by Crippen LogP contribution is -2.57. The van der Waals surface area contributed by atoms with Gasteiger partial charge in [-0.3, -0.25) is 19.4 Å². The second kappa shape index (κ2) is 20.3. The molecule has 4 aromatic rings. The number of fused-ring (bicyclic) bond motifs is 2. The van der Waals surface area contributed by atoms with E-state index >= 15 is 0 Å². The van der Waals surface area contributed by atoms with Crippen LogP contribution in [0.15, 0.2) is 61.4 Å². The van der Waals surface area contributed by atoms with Crippen LogP contribution in [-0.4, -0.2) is 103 Å². The first kappa shape index (κ1) is 44.8. The third-order valence-electron chi connectivity index (χ3n) is 11.0. The van der Waals surface area contributed by atoms with Crippen LogP contribution < -0.4 is 25.0 Å². The van der Waals surface area contributed by atoms with Crippen molar-refractivity contribution in [3.63, 3.8) is 0 Å². The molecule has 63 heavy (non-hydrogen) atoms. The molecule has 1 aromatic carbocycles. The van der Waals surface area contributed by atoms with Gasteiger partial charge < -0.3 is 48.5 Å². The SMILES string of the molecule is C=CCOC(=O)N1c2cc(OCCCC(=O)Nc3cc(C(=O)Nc4ccc(-c5cc(C)c(C(=O)OC)s5)nc4)n(C)c3)c(OC)cc2C(=O)N2CCCC[C@H]2C1OC1CCCCO1. The van der Waals surface area contributed by atoms with Gasteiger partial charge in [0.15, 0.2) is 24.0 Å². The average molecular weight is 885 g/mol. The number of aromatic nitrogens is 2. The summed E-state index contributed by atoms with van der Waals surface area (Å²) in [5, 5.41) is 5.67. The van der Waals surface area contributed by atoms with Gasteiger partial charge in [0.25, 0.3) is 11.8 Å². The minimum absolute atomic E-state index is 0.0511. The largest absolute Gasteiger partial charge is 0.493 e. The molecule has 6 heterocycles. The zero-order chi connectivity index (χ0) is 44.6. The van der Waals surface area contributed by atoms with Crippen molar-refractivity contribution in [1.29, 1.82) is 0 Å². The third kappa shape index (κ3) is 10.2. The number of benzene rings is 1. The van der Waals surface area contributed by atoms with Crippen LogP contribution in [0.1, 0.15) is 87.4 Å². The molecule has 17 nitrogen and oxygen atoms in total. The number of aryl methyl sites for hydroxylation is 2. The Balaban J connectivity index is 0.994. The van der Waals surface area contributed by atoms with Crippen LogP contribution >= 0.6 is 11.3 Å². The number of hydrogen-bond donors (Lipinski definition) is 2. The fourth-order valence-electron chi connectivity index (χ4n) is 7.90. The first-order valence-corrected chi connectivity index (χ1v) is 21.7. The van der Waals surface area contributed by atoms with E-state index in [4.69, 9.17) is 28.4 Å². The molecular weight excluding hydrogens is 833 g/mol. The molecule has 3 aliphatic rings. The molecule has 3 aliphatic heterocycles. The summed E-state index contributed by atoms with van der Waals surface area (Å²) >= 11 is 1.28. The van der Waals surface area contributed by atoms with E-state index in [0.29, 0.717) is 60.1 Å². The molecule has 3 aromatic heterocycles. The van der Waals surface area contributed by atoms with Crippen molar-refractivity contribution in [2.45, 2.75) is 76.9 Å². The number of methoxy groups -OCH3 is 2. The second-order valence-corrected chi connectivity index (χ2v) is 16.4. The number of carbonyl (C=O) groups is 5. The Bertz CT molecular complexity index is 2340. The quantitative estimate of drug-likeness (QED) is 0.0689. The number of anilines is 3. The van der Waals surface area contributed by atoms with Gasteiger partial charge >= 0.3 is 12.1 Å². The molecule has 0 bridgehead atoms. The number of esters is 1. The lowest BCUT2D eigenvalue weighted by molar-refractivity contribution is -0.198. The Labute approximate surface area is 369 Å². The third-order valence-corrected chi connectivity index (χ3v) is 12.2. The number of carbonyl (C=O) groups excluding carboxylic acids is 5. The maximum atomic E-state index is 14.3. The van der Waals surface area contributed by atoms with Crippen LogP contribution in [0, 0.1) is 6.92 Å². The van der Waals surface area contributed by atoms with Gasteiger partial charge in [-0.2, -0.15) is 0 Å². The molecule has 0 saturated carbocycles. The van der Waals surface area contributed by atoms with Crippen molar-refractivity contribution in [3.8, 4) is 22.1 Å². The van der Waals surface area contributed by atoms with Gasteiger partial charge in [-0.15, -0.1) is 11.3 Å². The normalized spacial score (nSPS) is 18.3. The number of amides is 4. The fourth-order valence-corrected chi connectivity index (χ4v) is 8.97. The van der Waals surface area contributed by atoms with E-state index in [1.54, 1.807) is 53.0 Å². The summed E-state index contributed by atoms with van der Waals surface area (Å²) in [6.45, 7) is 6.59. The lowest BCUT2D eigenvalue weighted by Gasteiger charge is -2.42. The zero-order valence-electron chi connectivity index (χ0n) is 35.8. The molecule has 18 heteroatoms. The smallest absolute Gasteiger partial charge is 0.416 e. The van der Waals surface area contributed by atoms with Gasteiger partial charge in [0.1, 0.15) is 17.2 Å².